The molecule has 16 aromatic rings. The van der Waals surface area contributed by atoms with Crippen LogP contribution >= 0.6 is 65.9 Å². The molecule has 0 radical (unpaired) electrons. The molecule has 0 bridgehead atoms. The molecule has 22 nitrogen and oxygen atoms in total. The summed E-state index contributed by atoms with van der Waals surface area (Å²) in [5.41, 5.74) is 6.47. The van der Waals surface area contributed by atoms with E-state index in [-0.39, 0.29) is 49.4 Å². The Morgan fingerprint density at radius 3 is 1.36 bits per heavy atom. The molecule has 98 heavy (non-hydrogen) atoms. The van der Waals surface area contributed by atoms with Gasteiger partial charge in [-0.15, -0.1) is 54.4 Å². The lowest BCUT2D eigenvalue weighted by molar-refractivity contribution is 0.584. The maximum absolute atomic E-state index is 14.1. The second-order valence-electron chi connectivity index (χ2n) is 20.5. The lowest BCUT2D eigenvalue weighted by Gasteiger charge is -2.06. The van der Waals surface area contributed by atoms with Crippen molar-refractivity contribution in [3.8, 4) is 85.3 Å². The molecule has 31 heteroatoms. The Hall–Kier alpha value is -11.3. The van der Waals surface area contributed by atoms with Crippen LogP contribution in [-0.2, 0) is 26.2 Å². The minimum Gasteiger partial charge on any atom is -0.253 e. The Balaban J connectivity index is 0.000000118. The Morgan fingerprint density at radius 2 is 0.827 bits per heavy atom. The molecule has 12 heterocycles. The van der Waals surface area contributed by atoms with Crippen molar-refractivity contribution in [1.29, 1.82) is 0 Å². The van der Waals surface area contributed by atoms with Gasteiger partial charge in [0.25, 0.3) is 5.95 Å². The quantitative estimate of drug-likeness (QED) is 0.0644. The van der Waals surface area contributed by atoms with Gasteiger partial charge in [-0.1, -0.05) is 91.0 Å². The van der Waals surface area contributed by atoms with Gasteiger partial charge in [-0.25, -0.2) is 90.8 Å². The third-order valence-electron chi connectivity index (χ3n) is 14.0. The SMILES string of the molecule is Fc1ccccc1Cn1nc(-c2cccc(Br)n2)nc1-c1nccs1.Fc1ccccc1Cn1nc(-c2cscn2)nc1-c1ncccn1.Fc1ccccc1Cn1nc(-c2nccs2)nc1-c1cccc(Br)n1.Fc1ccccc1Cn1nc(-n2cccn2)nc1-c1ccccn1. The number of hydrogen-bond donors (Lipinski definition) is 0. The van der Waals surface area contributed by atoms with Gasteiger partial charge in [-0.05, 0) is 105 Å². The summed E-state index contributed by atoms with van der Waals surface area (Å²) in [5.74, 6) is 3.37. The first-order valence-electron chi connectivity index (χ1n) is 29.4. The summed E-state index contributed by atoms with van der Waals surface area (Å²) in [6.45, 7) is 1.02. The normalized spacial score (nSPS) is 10.9. The summed E-state index contributed by atoms with van der Waals surface area (Å²) in [5, 5.41) is 29.2. The molecule has 0 aliphatic carbocycles. The summed E-state index contributed by atoms with van der Waals surface area (Å²) in [7, 11) is 0. The Bertz CT molecular complexity index is 5070. The molecule has 0 atom stereocenters. The van der Waals surface area contributed by atoms with Gasteiger partial charge >= 0.3 is 0 Å². The van der Waals surface area contributed by atoms with Gasteiger partial charge in [0.05, 0.1) is 31.7 Å². The van der Waals surface area contributed by atoms with Crippen LogP contribution in [0, 0.1) is 23.3 Å². The van der Waals surface area contributed by atoms with E-state index in [0.29, 0.717) is 112 Å². The summed E-state index contributed by atoms with van der Waals surface area (Å²) < 4.78 is 65.6. The van der Waals surface area contributed by atoms with E-state index in [1.165, 1.54) is 58.3 Å². The van der Waals surface area contributed by atoms with Crippen LogP contribution in [-0.4, -0.2) is 109 Å². The lowest BCUT2D eigenvalue weighted by atomic mass is 10.2. The molecule has 0 unspecified atom stereocenters. The van der Waals surface area contributed by atoms with Crippen LogP contribution in [0.5, 0.6) is 0 Å². The van der Waals surface area contributed by atoms with Crippen LogP contribution in [0.1, 0.15) is 22.3 Å². The van der Waals surface area contributed by atoms with Gasteiger partial charge in [0.2, 0.25) is 11.6 Å². The van der Waals surface area contributed by atoms with Crippen LogP contribution in [0.3, 0.4) is 0 Å². The number of aromatic nitrogens is 22. The van der Waals surface area contributed by atoms with Gasteiger partial charge in [0.15, 0.2) is 45.0 Å². The van der Waals surface area contributed by atoms with E-state index in [1.807, 2.05) is 70.7 Å². The van der Waals surface area contributed by atoms with Gasteiger partial charge in [0.1, 0.15) is 55.3 Å². The largest absolute Gasteiger partial charge is 0.270 e. The summed E-state index contributed by atoms with van der Waals surface area (Å²) >= 11 is 11.1. The number of hydrogen-bond acceptors (Lipinski definition) is 20. The molecule has 484 valence electrons. The van der Waals surface area contributed by atoms with Crippen molar-refractivity contribution < 1.29 is 17.6 Å². The Labute approximate surface area is 583 Å². The monoisotopic (exact) mass is 1490 g/mol. The molecule has 4 aromatic carbocycles. The number of nitrogens with zero attached hydrogens (tertiary/aromatic N) is 22. The zero-order valence-electron chi connectivity index (χ0n) is 50.6. The van der Waals surface area contributed by atoms with Gasteiger partial charge in [-0.2, -0.15) is 10.1 Å². The smallest absolute Gasteiger partial charge is 0.253 e. The molecule has 0 aliphatic rings. The Morgan fingerprint density at radius 1 is 0.347 bits per heavy atom. The van der Waals surface area contributed by atoms with E-state index in [2.05, 4.69) is 117 Å². The topological polar surface area (TPSA) is 244 Å². The van der Waals surface area contributed by atoms with Crippen LogP contribution in [0.15, 0.2) is 238 Å². The molecule has 12 aromatic heterocycles. The van der Waals surface area contributed by atoms with Crippen LogP contribution in [0.4, 0.5) is 17.6 Å². The lowest BCUT2D eigenvalue weighted by Crippen LogP contribution is -2.07. The zero-order chi connectivity index (χ0) is 67.2. The van der Waals surface area contributed by atoms with Crippen LogP contribution in [0.2, 0.25) is 0 Å². The number of pyridine rings is 3. The van der Waals surface area contributed by atoms with E-state index in [4.69, 9.17) is 0 Å². The summed E-state index contributed by atoms with van der Waals surface area (Å²) in [6.07, 6.45) is 11.8. The summed E-state index contributed by atoms with van der Waals surface area (Å²) in [6, 6.07) is 46.6. The minimum absolute atomic E-state index is 0.234. The van der Waals surface area contributed by atoms with Gasteiger partial charge in [-0.3, -0.25) is 4.98 Å². The van der Waals surface area contributed by atoms with Gasteiger partial charge in [0, 0.05) is 81.8 Å². The van der Waals surface area contributed by atoms with Crippen molar-refractivity contribution in [3.05, 3.63) is 284 Å². The first-order valence-corrected chi connectivity index (χ1v) is 33.7. The highest BCUT2D eigenvalue weighted by Gasteiger charge is 2.22. The Kier molecular flexibility index (Phi) is 20.8. The molecule has 0 saturated heterocycles. The number of rotatable bonds is 16. The summed E-state index contributed by atoms with van der Waals surface area (Å²) in [4.78, 5) is 52.6. The van der Waals surface area contributed by atoms with Crippen molar-refractivity contribution in [1.82, 2.24) is 109 Å². The van der Waals surface area contributed by atoms with Crippen molar-refractivity contribution in [2.75, 3.05) is 0 Å². The third kappa shape index (κ3) is 16.0. The van der Waals surface area contributed by atoms with Crippen molar-refractivity contribution in [2.45, 2.75) is 26.2 Å². The fourth-order valence-corrected chi connectivity index (χ4v) is 11.8. The predicted molar refractivity (Wildman–Crippen MR) is 369 cm³/mol. The number of halogens is 6. The first kappa shape index (κ1) is 65.4. The molecule has 16 rings (SSSR count). The standard InChI is InChI=1S/2C17H11BrFN5S.C17H13FN6.C16H11FN6S/c18-14-7-3-6-13(21-14)16-22-15(17-20-8-9-25-17)23-24(16)10-11-4-1-2-5-12(11)19;18-14-7-3-6-13(21-14)15-22-16(17-20-8-9-25-17)24(23-15)10-11-4-1-2-5-12(11)19;18-14-7-2-1-6-13(14)12-24-16(15-8-3-4-9-19-15)21-17(22-24)23-11-5-10-20-23;17-12-5-2-1-4-11(12)8-23-16(15-18-6-3-7-19-15)21-14(22-23)13-9-24-10-20-13/h2*1-9H,10H2;1-11H,12H2;1-7,9-10H,8H2. The molecular formula is C67H46Br2F4N22S3. The third-order valence-corrected chi connectivity index (χ3v) is 17.0. The fourth-order valence-electron chi connectivity index (χ4n) is 9.41. The molecule has 0 aliphatic heterocycles. The van der Waals surface area contributed by atoms with E-state index in [1.54, 1.807) is 157 Å². The predicted octanol–water partition coefficient (Wildman–Crippen LogP) is 14.6. The van der Waals surface area contributed by atoms with Crippen LogP contribution < -0.4 is 0 Å². The second kappa shape index (κ2) is 31.1. The van der Waals surface area contributed by atoms with Crippen molar-refractivity contribution in [2.24, 2.45) is 0 Å². The molecule has 0 amide bonds. The number of benzene rings is 4. The fraction of sp³-hybridized carbons (Fsp3) is 0.0597. The highest BCUT2D eigenvalue weighted by atomic mass is 79.9. The molecule has 0 saturated carbocycles. The van der Waals surface area contributed by atoms with E-state index < -0.39 is 0 Å². The molecule has 0 spiro atoms. The highest BCUT2D eigenvalue weighted by Crippen LogP contribution is 2.29. The van der Waals surface area contributed by atoms with Crippen molar-refractivity contribution >= 4 is 65.9 Å². The van der Waals surface area contributed by atoms with E-state index >= 15 is 0 Å². The van der Waals surface area contributed by atoms with E-state index in [9.17, 15) is 17.6 Å². The number of thiazole rings is 3. The molecular weight excluding hydrogens is 1440 g/mol. The first-order chi connectivity index (χ1) is 48.0. The van der Waals surface area contributed by atoms with Crippen LogP contribution in [0.25, 0.3) is 85.3 Å². The highest BCUT2D eigenvalue weighted by molar-refractivity contribution is 9.10. The van der Waals surface area contributed by atoms with Gasteiger partial charge < -0.3 is 0 Å². The second-order valence-corrected chi connectivity index (χ2v) is 24.6. The average Bonchev–Trinajstić information content (AvgIpc) is 1.70. The minimum atomic E-state index is -0.289. The molecule has 0 N–H and O–H groups in total. The van der Waals surface area contributed by atoms with E-state index in [0.717, 1.165) is 5.01 Å². The molecule has 0 fully saturated rings. The maximum Gasteiger partial charge on any atom is 0.270 e. The maximum atomic E-state index is 14.1. The zero-order valence-corrected chi connectivity index (χ0v) is 56.2. The van der Waals surface area contributed by atoms with Crippen molar-refractivity contribution in [3.63, 3.8) is 0 Å². The average molecular weight is 1490 g/mol.